The molecule has 0 aromatic rings. The quantitative estimate of drug-likeness (QED) is 0.705. The summed E-state index contributed by atoms with van der Waals surface area (Å²) in [5.74, 6) is -0.519. The standard InChI is InChI=1S/C13H24N2O4/c1-9(2)8-10(3)14-12(18)15-13(11(16)17)4-6-19-7-5-13/h9-10H,4-8H2,1-3H3,(H,16,17)(H2,14,15,18). The number of carbonyl (C=O) groups is 2. The maximum Gasteiger partial charge on any atom is 0.329 e. The van der Waals surface area contributed by atoms with E-state index in [1.54, 1.807) is 0 Å². The molecule has 19 heavy (non-hydrogen) atoms. The fourth-order valence-corrected chi connectivity index (χ4v) is 2.36. The van der Waals surface area contributed by atoms with Crippen LogP contribution in [0, 0.1) is 5.92 Å². The van der Waals surface area contributed by atoms with E-state index in [0.29, 0.717) is 32.0 Å². The van der Waals surface area contributed by atoms with Gasteiger partial charge in [-0.1, -0.05) is 13.8 Å². The number of carbonyl (C=O) groups excluding carboxylic acids is 1. The highest BCUT2D eigenvalue weighted by Crippen LogP contribution is 2.21. The zero-order valence-corrected chi connectivity index (χ0v) is 11.9. The SMILES string of the molecule is CC(C)CC(C)NC(=O)NC1(C(=O)O)CCOCC1. The molecule has 1 saturated heterocycles. The largest absolute Gasteiger partial charge is 0.480 e. The van der Waals surface area contributed by atoms with Gasteiger partial charge in [0.25, 0.3) is 0 Å². The van der Waals surface area contributed by atoms with E-state index in [0.717, 1.165) is 6.42 Å². The number of aliphatic carboxylic acids is 1. The van der Waals surface area contributed by atoms with Crippen LogP contribution in [0.3, 0.4) is 0 Å². The summed E-state index contributed by atoms with van der Waals surface area (Å²) in [4.78, 5) is 23.3. The van der Waals surface area contributed by atoms with Crippen molar-refractivity contribution in [3.8, 4) is 0 Å². The van der Waals surface area contributed by atoms with Crippen LogP contribution in [0.25, 0.3) is 0 Å². The molecule has 6 nitrogen and oxygen atoms in total. The molecule has 1 atom stereocenters. The van der Waals surface area contributed by atoms with Crippen LogP contribution in [0.15, 0.2) is 0 Å². The topological polar surface area (TPSA) is 87.7 Å². The first-order valence-corrected chi connectivity index (χ1v) is 6.75. The van der Waals surface area contributed by atoms with Crippen molar-refractivity contribution in [1.29, 1.82) is 0 Å². The van der Waals surface area contributed by atoms with Gasteiger partial charge in [-0.3, -0.25) is 0 Å². The van der Waals surface area contributed by atoms with Crippen molar-refractivity contribution >= 4 is 12.0 Å². The molecule has 1 aliphatic heterocycles. The van der Waals surface area contributed by atoms with Crippen LogP contribution in [-0.4, -0.2) is 41.9 Å². The maximum absolute atomic E-state index is 11.9. The minimum Gasteiger partial charge on any atom is -0.480 e. The van der Waals surface area contributed by atoms with Gasteiger partial charge in [-0.25, -0.2) is 9.59 Å². The molecule has 110 valence electrons. The third kappa shape index (κ3) is 4.70. The lowest BCUT2D eigenvalue weighted by Gasteiger charge is -2.34. The van der Waals surface area contributed by atoms with E-state index in [2.05, 4.69) is 24.5 Å². The van der Waals surface area contributed by atoms with Crippen LogP contribution < -0.4 is 10.6 Å². The summed E-state index contributed by atoms with van der Waals surface area (Å²) in [5.41, 5.74) is -1.19. The maximum atomic E-state index is 11.9. The Balaban J connectivity index is 2.55. The van der Waals surface area contributed by atoms with Crippen LogP contribution in [0.2, 0.25) is 0 Å². The van der Waals surface area contributed by atoms with Crippen molar-refractivity contribution in [2.24, 2.45) is 5.92 Å². The zero-order valence-electron chi connectivity index (χ0n) is 11.9. The van der Waals surface area contributed by atoms with Crippen LogP contribution in [0.4, 0.5) is 4.79 Å². The molecule has 0 saturated carbocycles. The number of hydrogen-bond acceptors (Lipinski definition) is 3. The molecule has 0 aromatic carbocycles. The van der Waals surface area contributed by atoms with Crippen LogP contribution in [0.1, 0.15) is 40.0 Å². The van der Waals surface area contributed by atoms with Crippen LogP contribution in [0.5, 0.6) is 0 Å². The molecule has 1 fully saturated rings. The predicted molar refractivity (Wildman–Crippen MR) is 71.0 cm³/mol. The Labute approximate surface area is 113 Å². The van der Waals surface area contributed by atoms with Crippen molar-refractivity contribution in [3.63, 3.8) is 0 Å². The Hall–Kier alpha value is -1.30. The number of nitrogens with one attached hydrogen (secondary N) is 2. The van der Waals surface area contributed by atoms with Gasteiger partial charge in [-0.15, -0.1) is 0 Å². The number of urea groups is 1. The second-order valence-electron chi connectivity index (χ2n) is 5.63. The fraction of sp³-hybridized carbons (Fsp3) is 0.846. The van der Waals surface area contributed by atoms with Crippen molar-refractivity contribution in [2.45, 2.75) is 51.6 Å². The van der Waals surface area contributed by atoms with Gasteiger partial charge in [-0.2, -0.15) is 0 Å². The van der Waals surface area contributed by atoms with E-state index in [4.69, 9.17) is 4.74 Å². The summed E-state index contributed by atoms with van der Waals surface area (Å²) in [5, 5.41) is 14.7. The average molecular weight is 272 g/mol. The number of ether oxygens (including phenoxy) is 1. The van der Waals surface area contributed by atoms with Gasteiger partial charge in [0.15, 0.2) is 0 Å². The van der Waals surface area contributed by atoms with Crippen molar-refractivity contribution in [3.05, 3.63) is 0 Å². The summed E-state index contributed by atoms with van der Waals surface area (Å²) in [6.07, 6.45) is 1.46. The summed E-state index contributed by atoms with van der Waals surface area (Å²) in [6, 6.07) is -0.400. The van der Waals surface area contributed by atoms with Gasteiger partial charge in [0.2, 0.25) is 0 Å². The molecular weight excluding hydrogens is 248 g/mol. The van der Waals surface area contributed by atoms with Gasteiger partial charge in [0.05, 0.1) is 0 Å². The Morgan fingerprint density at radius 2 is 1.84 bits per heavy atom. The van der Waals surface area contributed by atoms with E-state index in [1.165, 1.54) is 0 Å². The minimum absolute atomic E-state index is 0.0192. The Morgan fingerprint density at radius 3 is 2.32 bits per heavy atom. The number of amides is 2. The van der Waals surface area contributed by atoms with Crippen molar-refractivity contribution in [2.75, 3.05) is 13.2 Å². The molecule has 0 aliphatic carbocycles. The Morgan fingerprint density at radius 1 is 1.26 bits per heavy atom. The van der Waals surface area contributed by atoms with E-state index >= 15 is 0 Å². The van der Waals surface area contributed by atoms with Crippen molar-refractivity contribution < 1.29 is 19.4 Å². The molecule has 1 aliphatic rings. The summed E-state index contributed by atoms with van der Waals surface area (Å²) in [7, 11) is 0. The highest BCUT2D eigenvalue weighted by Gasteiger charge is 2.41. The second-order valence-corrected chi connectivity index (χ2v) is 5.63. The van der Waals surface area contributed by atoms with Gasteiger partial charge in [-0.05, 0) is 19.3 Å². The van der Waals surface area contributed by atoms with Gasteiger partial charge >= 0.3 is 12.0 Å². The first kappa shape index (κ1) is 15.8. The number of carboxylic acid groups (broad SMARTS) is 1. The minimum atomic E-state index is -1.19. The lowest BCUT2D eigenvalue weighted by molar-refractivity contribution is -0.148. The summed E-state index contributed by atoms with van der Waals surface area (Å²) < 4.78 is 5.16. The molecule has 1 rings (SSSR count). The molecular formula is C13H24N2O4. The van der Waals surface area contributed by atoms with Gasteiger partial charge < -0.3 is 20.5 Å². The van der Waals surface area contributed by atoms with E-state index in [-0.39, 0.29) is 6.04 Å². The number of carboxylic acids is 1. The number of hydrogen-bond donors (Lipinski definition) is 3. The van der Waals surface area contributed by atoms with Gasteiger partial charge in [0.1, 0.15) is 5.54 Å². The smallest absolute Gasteiger partial charge is 0.329 e. The molecule has 0 spiro atoms. The normalized spacial score (nSPS) is 19.8. The summed E-state index contributed by atoms with van der Waals surface area (Å²) in [6.45, 7) is 6.78. The monoisotopic (exact) mass is 272 g/mol. The third-order valence-electron chi connectivity index (χ3n) is 3.31. The lowest BCUT2D eigenvalue weighted by Crippen LogP contribution is -2.60. The first-order chi connectivity index (χ1) is 8.85. The predicted octanol–water partition coefficient (Wildman–Crippen LogP) is 1.35. The Bertz CT molecular complexity index is 325. The highest BCUT2D eigenvalue weighted by molar-refractivity contribution is 5.86. The van der Waals surface area contributed by atoms with E-state index in [9.17, 15) is 14.7 Å². The highest BCUT2D eigenvalue weighted by atomic mass is 16.5. The number of rotatable bonds is 5. The molecule has 0 aromatic heterocycles. The molecule has 0 radical (unpaired) electrons. The molecule has 6 heteroatoms. The van der Waals surface area contributed by atoms with Crippen LogP contribution in [-0.2, 0) is 9.53 Å². The molecule has 2 amide bonds. The van der Waals surface area contributed by atoms with Crippen LogP contribution >= 0.6 is 0 Å². The summed E-state index contributed by atoms with van der Waals surface area (Å²) >= 11 is 0. The zero-order chi connectivity index (χ0) is 14.5. The molecule has 1 unspecified atom stereocenters. The Kier molecular flexibility index (Phi) is 5.60. The lowest BCUT2D eigenvalue weighted by atomic mass is 9.90. The molecule has 0 bridgehead atoms. The van der Waals surface area contributed by atoms with Gasteiger partial charge in [0, 0.05) is 32.1 Å². The van der Waals surface area contributed by atoms with Crippen molar-refractivity contribution in [1.82, 2.24) is 10.6 Å². The fourth-order valence-electron chi connectivity index (χ4n) is 2.36. The molecule has 3 N–H and O–H groups in total. The van der Waals surface area contributed by atoms with E-state index < -0.39 is 17.5 Å². The second kappa shape index (κ2) is 6.75. The first-order valence-electron chi connectivity index (χ1n) is 6.75. The third-order valence-corrected chi connectivity index (χ3v) is 3.31. The molecule has 1 heterocycles. The van der Waals surface area contributed by atoms with E-state index in [1.807, 2.05) is 6.92 Å². The average Bonchev–Trinajstić information content (AvgIpc) is 2.28.